The highest BCUT2D eigenvalue weighted by molar-refractivity contribution is 6.05. The van der Waals surface area contributed by atoms with Crippen molar-refractivity contribution in [1.29, 1.82) is 0 Å². The number of nitrogens with zero attached hydrogens (tertiary/aromatic N) is 5. The lowest BCUT2D eigenvalue weighted by Gasteiger charge is -2.35. The van der Waals surface area contributed by atoms with Gasteiger partial charge in [-0.25, -0.2) is 19.7 Å². The van der Waals surface area contributed by atoms with Crippen LogP contribution >= 0.6 is 0 Å². The number of aromatic amines is 1. The molecule has 0 saturated carbocycles. The zero-order valence-electron chi connectivity index (χ0n) is 16.7. The Morgan fingerprint density at radius 1 is 1.22 bits per heavy atom. The maximum Gasteiger partial charge on any atom is 0.389 e. The Hall–Kier alpha value is -3.70. The van der Waals surface area contributed by atoms with E-state index in [0.717, 1.165) is 5.52 Å². The van der Waals surface area contributed by atoms with Gasteiger partial charge in [0.05, 0.1) is 35.4 Å². The molecule has 12 heteroatoms. The van der Waals surface area contributed by atoms with Crippen molar-refractivity contribution in [3.05, 3.63) is 36.3 Å². The number of amides is 2. The second-order valence-electron chi connectivity index (χ2n) is 7.74. The van der Waals surface area contributed by atoms with Gasteiger partial charge in [-0.2, -0.15) is 13.2 Å². The minimum Gasteiger partial charge on any atom is -0.366 e. The molecular formula is C20H18F3N7O2. The molecule has 2 N–H and O–H groups in total. The zero-order valence-corrected chi connectivity index (χ0v) is 16.7. The molecule has 3 aromatic rings. The number of carbonyl (C=O) groups excluding carboxylic acids is 2. The summed E-state index contributed by atoms with van der Waals surface area (Å²) in [5.74, 6) is -0.363. The largest absolute Gasteiger partial charge is 0.389 e. The second-order valence-corrected chi connectivity index (χ2v) is 7.74. The molecule has 166 valence electrons. The molecular weight excluding hydrogens is 427 g/mol. The minimum absolute atomic E-state index is 0.0988. The average molecular weight is 445 g/mol. The van der Waals surface area contributed by atoms with Gasteiger partial charge in [0, 0.05) is 25.7 Å². The smallest absolute Gasteiger partial charge is 0.366 e. The summed E-state index contributed by atoms with van der Waals surface area (Å²) in [5.41, 5.74) is 1.92. The van der Waals surface area contributed by atoms with Gasteiger partial charge in [0.1, 0.15) is 5.69 Å². The summed E-state index contributed by atoms with van der Waals surface area (Å²) in [6, 6.07) is 4.09. The van der Waals surface area contributed by atoms with Crippen molar-refractivity contribution >= 4 is 40.3 Å². The maximum atomic E-state index is 13.2. The van der Waals surface area contributed by atoms with E-state index in [1.54, 1.807) is 24.5 Å². The number of fused-ring (bicyclic) bond motifs is 5. The molecule has 0 spiro atoms. The van der Waals surface area contributed by atoms with Crippen molar-refractivity contribution in [3.63, 3.8) is 0 Å². The molecule has 0 aliphatic carbocycles. The van der Waals surface area contributed by atoms with E-state index in [-0.39, 0.29) is 23.5 Å². The molecule has 5 heterocycles. The van der Waals surface area contributed by atoms with E-state index in [9.17, 15) is 22.8 Å². The summed E-state index contributed by atoms with van der Waals surface area (Å²) >= 11 is 0. The molecule has 1 atom stereocenters. The number of pyridine rings is 1. The van der Waals surface area contributed by atoms with E-state index in [0.29, 0.717) is 30.7 Å². The molecule has 0 aromatic carbocycles. The molecule has 2 aliphatic heterocycles. The summed E-state index contributed by atoms with van der Waals surface area (Å²) in [5, 5.41) is 2.67. The average Bonchev–Trinajstić information content (AvgIpc) is 3.38. The van der Waals surface area contributed by atoms with E-state index >= 15 is 0 Å². The topological polar surface area (TPSA) is 107 Å². The van der Waals surface area contributed by atoms with Crippen molar-refractivity contribution in [2.45, 2.75) is 31.5 Å². The Morgan fingerprint density at radius 3 is 2.88 bits per heavy atom. The second kappa shape index (κ2) is 7.46. The predicted molar refractivity (Wildman–Crippen MR) is 110 cm³/mol. The van der Waals surface area contributed by atoms with Gasteiger partial charge < -0.3 is 9.88 Å². The number of rotatable bonds is 4. The number of halogens is 3. The summed E-state index contributed by atoms with van der Waals surface area (Å²) in [7, 11) is 0. The standard InChI is InChI=1S/C20H18F3N7O2/c21-20(22,23)6-3-16(31)13-1-2-15-17(26-13)30(11-5-8-29(15)10-11)19(32)28-18-25-9-14-12(27-18)4-7-24-14/h1-2,4,7,9,11,24H,3,5-6,8,10H2,(H,25,27,28,32)/t11-/m0/s1. The van der Waals surface area contributed by atoms with E-state index in [4.69, 9.17) is 0 Å². The first-order valence-corrected chi connectivity index (χ1v) is 10.0. The molecule has 0 unspecified atom stereocenters. The van der Waals surface area contributed by atoms with Crippen LogP contribution in [0.25, 0.3) is 11.0 Å². The number of Topliss-reactive ketones (excluding diaryl/α,β-unsaturated/α-hetero) is 1. The Balaban J connectivity index is 1.43. The summed E-state index contributed by atoms with van der Waals surface area (Å²) in [6.07, 6.45) is -2.39. The van der Waals surface area contributed by atoms with Crippen LogP contribution in [-0.2, 0) is 0 Å². The van der Waals surface area contributed by atoms with E-state index in [2.05, 4.69) is 25.3 Å². The van der Waals surface area contributed by atoms with Crippen LogP contribution in [0.5, 0.6) is 0 Å². The van der Waals surface area contributed by atoms with Crippen molar-refractivity contribution < 1.29 is 22.8 Å². The van der Waals surface area contributed by atoms with Crippen LogP contribution in [0.15, 0.2) is 30.6 Å². The number of H-pyrrole nitrogens is 1. The molecule has 32 heavy (non-hydrogen) atoms. The van der Waals surface area contributed by atoms with Crippen molar-refractivity contribution in [1.82, 2.24) is 19.9 Å². The highest BCUT2D eigenvalue weighted by Crippen LogP contribution is 2.39. The lowest BCUT2D eigenvalue weighted by atomic mass is 10.1. The molecule has 2 aliphatic rings. The third-order valence-corrected chi connectivity index (χ3v) is 5.61. The maximum absolute atomic E-state index is 13.2. The van der Waals surface area contributed by atoms with Crippen molar-refractivity contribution in [2.75, 3.05) is 28.2 Å². The fourth-order valence-corrected chi connectivity index (χ4v) is 4.07. The monoisotopic (exact) mass is 445 g/mol. The van der Waals surface area contributed by atoms with Gasteiger partial charge in [0.25, 0.3) is 0 Å². The van der Waals surface area contributed by atoms with Gasteiger partial charge in [-0.3, -0.25) is 15.0 Å². The van der Waals surface area contributed by atoms with Crippen molar-refractivity contribution in [2.24, 2.45) is 0 Å². The number of hydrogen-bond donors (Lipinski definition) is 2. The van der Waals surface area contributed by atoms with E-state index < -0.39 is 30.8 Å². The molecule has 9 nitrogen and oxygen atoms in total. The van der Waals surface area contributed by atoms with Crippen LogP contribution in [0.1, 0.15) is 29.8 Å². The summed E-state index contributed by atoms with van der Waals surface area (Å²) in [4.78, 5) is 44.7. The molecule has 2 bridgehead atoms. The van der Waals surface area contributed by atoms with Gasteiger partial charge in [-0.05, 0) is 24.6 Å². The number of urea groups is 1. The molecule has 2 amide bonds. The third kappa shape index (κ3) is 3.72. The lowest BCUT2D eigenvalue weighted by molar-refractivity contribution is -0.133. The zero-order chi connectivity index (χ0) is 22.5. The van der Waals surface area contributed by atoms with Gasteiger partial charge in [0.2, 0.25) is 5.95 Å². The minimum atomic E-state index is -4.43. The van der Waals surface area contributed by atoms with Crippen molar-refractivity contribution in [3.8, 4) is 0 Å². The van der Waals surface area contributed by atoms with E-state index in [1.807, 2.05) is 4.90 Å². The normalized spacial score (nSPS) is 17.5. The van der Waals surface area contributed by atoms with Crippen LogP contribution in [-0.4, -0.2) is 57.1 Å². The van der Waals surface area contributed by atoms with Crippen LogP contribution in [0.2, 0.25) is 0 Å². The van der Waals surface area contributed by atoms with Gasteiger partial charge in [0.15, 0.2) is 11.6 Å². The SMILES string of the molecule is O=C(CCC(F)(F)F)c1ccc2c(n1)N(C(=O)Nc1ncc3[nH]ccc3n1)[C@H]1CCN2C1. The first-order valence-electron chi connectivity index (χ1n) is 10.0. The first kappa shape index (κ1) is 20.2. The fraction of sp³-hybridized carbons (Fsp3) is 0.350. The number of ketones is 1. The number of alkyl halides is 3. The quantitative estimate of drug-likeness (QED) is 0.596. The van der Waals surface area contributed by atoms with E-state index in [1.165, 1.54) is 11.0 Å². The van der Waals surface area contributed by atoms with Gasteiger partial charge in [-0.15, -0.1) is 0 Å². The number of hydrogen-bond acceptors (Lipinski definition) is 6. The Labute approximate surface area is 179 Å². The summed E-state index contributed by atoms with van der Waals surface area (Å²) in [6.45, 7) is 1.30. The van der Waals surface area contributed by atoms with Gasteiger partial charge >= 0.3 is 12.2 Å². The number of carbonyl (C=O) groups is 2. The molecule has 5 rings (SSSR count). The molecule has 1 saturated heterocycles. The van der Waals surface area contributed by atoms with Gasteiger partial charge in [-0.1, -0.05) is 0 Å². The van der Waals surface area contributed by atoms with Crippen LogP contribution < -0.4 is 15.1 Å². The third-order valence-electron chi connectivity index (χ3n) is 5.61. The number of aromatic nitrogens is 4. The predicted octanol–water partition coefficient (Wildman–Crippen LogP) is 3.51. The lowest BCUT2D eigenvalue weighted by Crippen LogP contribution is -2.48. The van der Waals surface area contributed by atoms with Crippen LogP contribution in [0.3, 0.4) is 0 Å². The molecule has 1 fully saturated rings. The Kier molecular flexibility index (Phi) is 4.72. The van der Waals surface area contributed by atoms with Crippen LogP contribution in [0.4, 0.5) is 35.4 Å². The molecule has 0 radical (unpaired) electrons. The number of nitrogens with one attached hydrogen (secondary N) is 2. The highest BCUT2D eigenvalue weighted by atomic mass is 19.4. The molecule has 3 aromatic heterocycles. The Bertz CT molecular complexity index is 1210. The Morgan fingerprint density at radius 2 is 2.06 bits per heavy atom. The summed E-state index contributed by atoms with van der Waals surface area (Å²) < 4.78 is 37.5. The highest BCUT2D eigenvalue weighted by Gasteiger charge is 2.41. The first-order chi connectivity index (χ1) is 15.3. The van der Waals surface area contributed by atoms with Crippen LogP contribution in [0, 0.1) is 0 Å². The fourth-order valence-electron chi connectivity index (χ4n) is 4.07. The number of anilines is 3.